The summed E-state index contributed by atoms with van der Waals surface area (Å²) in [6.07, 6.45) is 6.68. The maximum absolute atomic E-state index is 4.51. The van der Waals surface area contributed by atoms with Gasteiger partial charge in [-0.1, -0.05) is 26.8 Å². The highest BCUT2D eigenvalue weighted by atomic mass is 14.9. The van der Waals surface area contributed by atoms with Crippen LogP contribution in [0.2, 0.25) is 0 Å². The van der Waals surface area contributed by atoms with Crippen LogP contribution >= 0.6 is 0 Å². The Balaban J connectivity index is 2.56. The van der Waals surface area contributed by atoms with Crippen molar-refractivity contribution in [1.29, 1.82) is 0 Å². The van der Waals surface area contributed by atoms with Crippen LogP contribution in [0.4, 0.5) is 0 Å². The van der Waals surface area contributed by atoms with Gasteiger partial charge in [0, 0.05) is 24.4 Å². The minimum absolute atomic E-state index is 0.570. The van der Waals surface area contributed by atoms with E-state index in [2.05, 4.69) is 44.1 Å². The molecule has 0 amide bonds. The smallest absolute Gasteiger partial charge is 0.0448 e. The molecule has 0 radical (unpaired) electrons. The summed E-state index contributed by atoms with van der Waals surface area (Å²) in [5.41, 5.74) is 2.56. The summed E-state index contributed by atoms with van der Waals surface area (Å²) < 4.78 is 0. The third-order valence-electron chi connectivity index (χ3n) is 3.33. The maximum atomic E-state index is 4.51. The fourth-order valence-electron chi connectivity index (χ4n) is 2.12. The van der Waals surface area contributed by atoms with Crippen molar-refractivity contribution < 1.29 is 0 Å². The van der Waals surface area contributed by atoms with Gasteiger partial charge in [0.1, 0.15) is 0 Å². The Morgan fingerprint density at radius 1 is 1.28 bits per heavy atom. The Hall–Kier alpha value is -0.890. The summed E-state index contributed by atoms with van der Waals surface area (Å²) >= 11 is 0. The van der Waals surface area contributed by atoms with E-state index in [0.717, 1.165) is 18.9 Å². The average molecular weight is 248 g/mol. The van der Waals surface area contributed by atoms with Gasteiger partial charge in [-0.3, -0.25) is 4.98 Å². The van der Waals surface area contributed by atoms with Crippen LogP contribution in [0, 0.1) is 12.8 Å². The van der Waals surface area contributed by atoms with Crippen molar-refractivity contribution in [2.24, 2.45) is 5.92 Å². The number of nitrogens with zero attached hydrogens (tertiary/aromatic N) is 1. The summed E-state index contributed by atoms with van der Waals surface area (Å²) in [6, 6.07) is 4.74. The van der Waals surface area contributed by atoms with E-state index in [1.54, 1.807) is 0 Å². The van der Waals surface area contributed by atoms with Crippen LogP contribution in [0.3, 0.4) is 0 Å². The number of nitrogens with one attached hydrogen (secondary N) is 1. The zero-order chi connectivity index (χ0) is 13.4. The molecule has 1 aromatic rings. The number of aryl methyl sites for hydroxylation is 1. The van der Waals surface area contributed by atoms with Crippen LogP contribution in [0.5, 0.6) is 0 Å². The molecule has 0 aliphatic heterocycles. The van der Waals surface area contributed by atoms with E-state index in [9.17, 15) is 0 Å². The molecule has 0 aliphatic rings. The lowest BCUT2D eigenvalue weighted by Gasteiger charge is -2.20. The first-order valence-corrected chi connectivity index (χ1v) is 7.27. The maximum Gasteiger partial charge on any atom is 0.0448 e. The number of rotatable bonds is 8. The first kappa shape index (κ1) is 15.2. The molecular weight excluding hydrogens is 220 g/mol. The lowest BCUT2D eigenvalue weighted by Crippen LogP contribution is -2.32. The molecule has 1 aromatic heterocycles. The van der Waals surface area contributed by atoms with E-state index in [0.29, 0.717) is 6.04 Å². The monoisotopic (exact) mass is 248 g/mol. The normalized spacial score (nSPS) is 12.9. The molecule has 2 heteroatoms. The highest BCUT2D eigenvalue weighted by Crippen LogP contribution is 2.13. The van der Waals surface area contributed by atoms with E-state index in [1.807, 2.05) is 12.3 Å². The van der Waals surface area contributed by atoms with Crippen molar-refractivity contribution in [1.82, 2.24) is 10.3 Å². The molecule has 0 aliphatic carbocycles. The zero-order valence-electron chi connectivity index (χ0n) is 12.4. The molecule has 1 rings (SSSR count). The summed E-state index contributed by atoms with van der Waals surface area (Å²) in [6.45, 7) is 10.1. The van der Waals surface area contributed by atoms with Crippen molar-refractivity contribution in [2.75, 3.05) is 6.54 Å². The molecule has 2 nitrogen and oxygen atoms in total. The van der Waals surface area contributed by atoms with Crippen molar-refractivity contribution in [3.05, 3.63) is 29.6 Å². The minimum Gasteiger partial charge on any atom is -0.314 e. The van der Waals surface area contributed by atoms with Gasteiger partial charge in [-0.25, -0.2) is 0 Å². The molecule has 0 spiro atoms. The minimum atomic E-state index is 0.570. The van der Waals surface area contributed by atoms with Crippen molar-refractivity contribution in [3.63, 3.8) is 0 Å². The molecule has 1 N–H and O–H groups in total. The SMILES string of the molecule is CCCNC(CCC(C)C)Cc1ncccc1C. The van der Waals surface area contributed by atoms with Crippen LogP contribution in [0.15, 0.2) is 18.3 Å². The van der Waals surface area contributed by atoms with Gasteiger partial charge >= 0.3 is 0 Å². The molecule has 0 fully saturated rings. The summed E-state index contributed by atoms with van der Waals surface area (Å²) in [7, 11) is 0. The van der Waals surface area contributed by atoms with E-state index in [4.69, 9.17) is 0 Å². The van der Waals surface area contributed by atoms with Gasteiger partial charge in [0.15, 0.2) is 0 Å². The third kappa shape index (κ3) is 5.63. The molecule has 1 atom stereocenters. The van der Waals surface area contributed by atoms with Crippen molar-refractivity contribution in [2.45, 2.75) is 59.4 Å². The molecule has 0 saturated carbocycles. The van der Waals surface area contributed by atoms with Crippen LogP contribution in [-0.4, -0.2) is 17.6 Å². The van der Waals surface area contributed by atoms with Crippen molar-refractivity contribution in [3.8, 4) is 0 Å². The molecule has 0 aromatic carbocycles. The fourth-order valence-corrected chi connectivity index (χ4v) is 2.12. The average Bonchev–Trinajstić information content (AvgIpc) is 2.35. The number of aromatic nitrogens is 1. The van der Waals surface area contributed by atoms with Gasteiger partial charge in [-0.05, 0) is 50.3 Å². The largest absolute Gasteiger partial charge is 0.314 e. The fraction of sp³-hybridized carbons (Fsp3) is 0.688. The quantitative estimate of drug-likeness (QED) is 0.758. The summed E-state index contributed by atoms with van der Waals surface area (Å²) in [5.74, 6) is 0.778. The molecule has 0 bridgehead atoms. The molecule has 1 unspecified atom stereocenters. The van der Waals surface area contributed by atoms with Gasteiger partial charge in [0.25, 0.3) is 0 Å². The second-order valence-electron chi connectivity index (χ2n) is 5.59. The van der Waals surface area contributed by atoms with Gasteiger partial charge in [-0.2, -0.15) is 0 Å². The highest BCUT2D eigenvalue weighted by molar-refractivity contribution is 5.18. The van der Waals surface area contributed by atoms with Crippen LogP contribution < -0.4 is 5.32 Å². The van der Waals surface area contributed by atoms with E-state index in [1.165, 1.54) is 30.5 Å². The zero-order valence-corrected chi connectivity index (χ0v) is 12.4. The Labute approximate surface area is 112 Å². The van der Waals surface area contributed by atoms with Crippen molar-refractivity contribution >= 4 is 0 Å². The van der Waals surface area contributed by atoms with E-state index in [-0.39, 0.29) is 0 Å². The summed E-state index contributed by atoms with van der Waals surface area (Å²) in [5, 5.41) is 3.66. The van der Waals surface area contributed by atoms with E-state index < -0.39 is 0 Å². The second-order valence-corrected chi connectivity index (χ2v) is 5.59. The third-order valence-corrected chi connectivity index (χ3v) is 3.33. The molecular formula is C16H28N2. The Morgan fingerprint density at radius 3 is 2.67 bits per heavy atom. The lowest BCUT2D eigenvalue weighted by atomic mass is 9.98. The molecule has 18 heavy (non-hydrogen) atoms. The Morgan fingerprint density at radius 2 is 2.06 bits per heavy atom. The van der Waals surface area contributed by atoms with Gasteiger partial charge in [0.05, 0.1) is 0 Å². The molecule has 102 valence electrons. The first-order valence-electron chi connectivity index (χ1n) is 7.27. The number of hydrogen-bond acceptors (Lipinski definition) is 2. The second kappa shape index (κ2) is 8.25. The van der Waals surface area contributed by atoms with Crippen LogP contribution in [0.25, 0.3) is 0 Å². The van der Waals surface area contributed by atoms with Gasteiger partial charge in [0.2, 0.25) is 0 Å². The van der Waals surface area contributed by atoms with Gasteiger partial charge in [-0.15, -0.1) is 0 Å². The summed E-state index contributed by atoms with van der Waals surface area (Å²) in [4.78, 5) is 4.51. The van der Waals surface area contributed by atoms with Gasteiger partial charge < -0.3 is 5.32 Å². The van der Waals surface area contributed by atoms with Crippen LogP contribution in [0.1, 0.15) is 51.3 Å². The standard InChI is InChI=1S/C16H28N2/c1-5-10-17-15(9-8-13(2)3)12-16-14(4)7-6-11-18-16/h6-7,11,13,15,17H,5,8-10,12H2,1-4H3. The predicted octanol–water partition coefficient (Wildman–Crippen LogP) is 3.74. The number of hydrogen-bond donors (Lipinski definition) is 1. The lowest BCUT2D eigenvalue weighted by molar-refractivity contribution is 0.424. The first-order chi connectivity index (χ1) is 8.63. The van der Waals surface area contributed by atoms with Crippen LogP contribution in [-0.2, 0) is 6.42 Å². The Kier molecular flexibility index (Phi) is 6.96. The highest BCUT2D eigenvalue weighted by Gasteiger charge is 2.11. The number of pyridine rings is 1. The van der Waals surface area contributed by atoms with E-state index >= 15 is 0 Å². The predicted molar refractivity (Wildman–Crippen MR) is 78.8 cm³/mol. The molecule has 1 heterocycles. The topological polar surface area (TPSA) is 24.9 Å². The Bertz CT molecular complexity index is 334. The molecule has 0 saturated heterocycles.